The second-order valence-electron chi connectivity index (χ2n) is 6.69. The monoisotopic (exact) mass is 318 g/mol. The molecule has 1 aromatic rings. The van der Waals surface area contributed by atoms with Crippen molar-refractivity contribution in [1.29, 1.82) is 0 Å². The summed E-state index contributed by atoms with van der Waals surface area (Å²) >= 11 is 0. The third-order valence-electron chi connectivity index (χ3n) is 5.20. The fourth-order valence-corrected chi connectivity index (χ4v) is 3.74. The number of nitrogens with zero attached hydrogens (tertiary/aromatic N) is 2. The van der Waals surface area contributed by atoms with Gasteiger partial charge in [-0.2, -0.15) is 0 Å². The Kier molecular flexibility index (Phi) is 4.87. The molecule has 2 aliphatic rings. The van der Waals surface area contributed by atoms with Crippen LogP contribution in [0.3, 0.4) is 0 Å². The summed E-state index contributed by atoms with van der Waals surface area (Å²) in [6, 6.07) is 8.37. The predicted molar refractivity (Wildman–Crippen MR) is 88.2 cm³/mol. The van der Waals surface area contributed by atoms with Gasteiger partial charge in [-0.3, -0.25) is 9.69 Å². The Bertz CT molecular complexity index is 563. The number of hydrogen-bond acceptors (Lipinski definition) is 4. The van der Waals surface area contributed by atoms with Gasteiger partial charge < -0.3 is 14.7 Å². The Labute approximate surface area is 137 Å². The van der Waals surface area contributed by atoms with E-state index in [1.54, 1.807) is 13.0 Å². The zero-order valence-corrected chi connectivity index (χ0v) is 13.9. The third kappa shape index (κ3) is 3.51. The van der Waals surface area contributed by atoms with E-state index < -0.39 is 6.10 Å². The van der Waals surface area contributed by atoms with Crippen LogP contribution in [0.4, 0.5) is 0 Å². The summed E-state index contributed by atoms with van der Waals surface area (Å²) in [4.78, 5) is 17.1. The predicted octanol–water partition coefficient (Wildman–Crippen LogP) is 1.64. The van der Waals surface area contributed by atoms with E-state index >= 15 is 0 Å². The lowest BCUT2D eigenvalue weighted by Gasteiger charge is -2.28. The van der Waals surface area contributed by atoms with Crippen LogP contribution >= 0.6 is 0 Å². The number of ether oxygens (including phenoxy) is 1. The number of carbonyl (C=O) groups is 1. The Morgan fingerprint density at radius 1 is 1.35 bits per heavy atom. The first-order valence-electron chi connectivity index (χ1n) is 8.45. The number of benzene rings is 1. The van der Waals surface area contributed by atoms with Crippen molar-refractivity contribution >= 4 is 5.91 Å². The van der Waals surface area contributed by atoms with E-state index in [-0.39, 0.29) is 12.5 Å². The van der Waals surface area contributed by atoms with Crippen molar-refractivity contribution in [1.82, 2.24) is 9.80 Å². The molecule has 1 amide bonds. The van der Waals surface area contributed by atoms with E-state index in [1.165, 1.54) is 12.8 Å². The largest absolute Gasteiger partial charge is 0.481 e. The Balaban J connectivity index is 1.63. The van der Waals surface area contributed by atoms with Crippen molar-refractivity contribution in [2.75, 3.05) is 20.1 Å². The zero-order valence-electron chi connectivity index (χ0n) is 13.9. The van der Waals surface area contributed by atoms with Crippen LogP contribution < -0.4 is 4.74 Å². The maximum absolute atomic E-state index is 12.7. The Morgan fingerprint density at radius 2 is 2.13 bits per heavy atom. The molecule has 2 aliphatic heterocycles. The topological polar surface area (TPSA) is 53.0 Å². The lowest BCUT2D eigenvalue weighted by molar-refractivity contribution is -0.138. The van der Waals surface area contributed by atoms with Crippen LogP contribution in [0.5, 0.6) is 5.75 Å². The summed E-state index contributed by atoms with van der Waals surface area (Å²) < 4.78 is 5.80. The first kappa shape index (κ1) is 16.3. The van der Waals surface area contributed by atoms with Gasteiger partial charge in [-0.05, 0) is 50.9 Å². The lowest BCUT2D eigenvalue weighted by atomic mass is 10.1. The molecule has 0 saturated carbocycles. The lowest BCUT2D eigenvalue weighted by Crippen LogP contribution is -2.45. The van der Waals surface area contributed by atoms with E-state index in [0.717, 1.165) is 25.1 Å². The molecule has 5 heteroatoms. The molecule has 0 aliphatic carbocycles. The molecule has 1 aromatic carbocycles. The van der Waals surface area contributed by atoms with Gasteiger partial charge in [0.05, 0.1) is 6.61 Å². The first-order valence-corrected chi connectivity index (χ1v) is 8.45. The molecule has 0 radical (unpaired) electrons. The van der Waals surface area contributed by atoms with Crippen molar-refractivity contribution in [2.45, 2.75) is 51.0 Å². The normalized spacial score (nSPS) is 26.0. The Morgan fingerprint density at radius 3 is 2.91 bits per heavy atom. The zero-order chi connectivity index (χ0) is 16.4. The van der Waals surface area contributed by atoms with Gasteiger partial charge >= 0.3 is 0 Å². The summed E-state index contributed by atoms with van der Waals surface area (Å²) in [5.74, 6) is 0.686. The SMILES string of the molecule is CC(Oc1cccc(CO)c1)C(=O)N1CCC2CCC(C1)N2C. The maximum atomic E-state index is 12.7. The molecule has 3 rings (SSSR count). The number of likely N-dealkylation sites (tertiary alicyclic amines) is 1. The van der Waals surface area contributed by atoms with Crippen molar-refractivity contribution in [2.24, 2.45) is 0 Å². The number of aliphatic hydroxyl groups excluding tert-OH is 1. The maximum Gasteiger partial charge on any atom is 0.263 e. The van der Waals surface area contributed by atoms with Crippen molar-refractivity contribution in [3.63, 3.8) is 0 Å². The number of amides is 1. The fraction of sp³-hybridized carbons (Fsp3) is 0.611. The van der Waals surface area contributed by atoms with Gasteiger partial charge in [-0.15, -0.1) is 0 Å². The van der Waals surface area contributed by atoms with Gasteiger partial charge in [0.25, 0.3) is 5.91 Å². The fourth-order valence-electron chi connectivity index (χ4n) is 3.74. The summed E-state index contributed by atoms with van der Waals surface area (Å²) in [5.41, 5.74) is 0.788. The van der Waals surface area contributed by atoms with Crippen molar-refractivity contribution in [3.8, 4) is 5.75 Å². The molecule has 0 spiro atoms. The van der Waals surface area contributed by atoms with Crippen LogP contribution in [0.25, 0.3) is 0 Å². The third-order valence-corrected chi connectivity index (χ3v) is 5.20. The smallest absolute Gasteiger partial charge is 0.263 e. The minimum absolute atomic E-state index is 0.0267. The minimum atomic E-state index is -0.508. The molecule has 126 valence electrons. The van der Waals surface area contributed by atoms with Gasteiger partial charge in [0.2, 0.25) is 0 Å². The molecular formula is C18H26N2O3. The van der Waals surface area contributed by atoms with Gasteiger partial charge in [0.15, 0.2) is 6.10 Å². The van der Waals surface area contributed by atoms with E-state index in [4.69, 9.17) is 4.74 Å². The second kappa shape index (κ2) is 6.89. The molecule has 2 fully saturated rings. The summed E-state index contributed by atoms with van der Waals surface area (Å²) in [7, 11) is 2.18. The Hall–Kier alpha value is -1.59. The quantitative estimate of drug-likeness (QED) is 0.917. The number of carbonyl (C=O) groups excluding carboxylic acids is 1. The number of hydrogen-bond donors (Lipinski definition) is 1. The van der Waals surface area contributed by atoms with E-state index in [9.17, 15) is 9.90 Å². The van der Waals surface area contributed by atoms with Crippen molar-refractivity contribution < 1.29 is 14.6 Å². The highest BCUT2D eigenvalue weighted by atomic mass is 16.5. The molecule has 5 nitrogen and oxygen atoms in total. The summed E-state index contributed by atoms with van der Waals surface area (Å²) in [6.07, 6.45) is 2.97. The average Bonchev–Trinajstić information content (AvgIpc) is 2.79. The number of rotatable bonds is 4. The van der Waals surface area contributed by atoms with E-state index in [1.807, 2.05) is 23.1 Å². The standard InChI is InChI=1S/C18H26N2O3/c1-13(23-17-5-3-4-14(10-17)12-21)18(22)20-9-8-15-6-7-16(11-20)19(15)2/h3-5,10,13,15-16,21H,6-9,11-12H2,1-2H3. The molecule has 2 heterocycles. The number of likely N-dealkylation sites (N-methyl/N-ethyl adjacent to an activating group) is 1. The van der Waals surface area contributed by atoms with Crippen LogP contribution in [0.15, 0.2) is 24.3 Å². The first-order chi connectivity index (χ1) is 11.1. The van der Waals surface area contributed by atoms with Crippen LogP contribution in [0.1, 0.15) is 31.7 Å². The highest BCUT2D eigenvalue weighted by molar-refractivity contribution is 5.81. The molecule has 0 aromatic heterocycles. The molecule has 1 N–H and O–H groups in total. The van der Waals surface area contributed by atoms with Gasteiger partial charge in [0.1, 0.15) is 5.75 Å². The molecule has 3 atom stereocenters. The molecule has 2 bridgehead atoms. The molecule has 23 heavy (non-hydrogen) atoms. The van der Waals surface area contributed by atoms with Crippen LogP contribution in [0.2, 0.25) is 0 Å². The number of fused-ring (bicyclic) bond motifs is 2. The van der Waals surface area contributed by atoms with E-state index in [0.29, 0.717) is 17.8 Å². The van der Waals surface area contributed by atoms with Crippen molar-refractivity contribution in [3.05, 3.63) is 29.8 Å². The van der Waals surface area contributed by atoms with Crippen LogP contribution in [-0.4, -0.2) is 59.1 Å². The van der Waals surface area contributed by atoms with Gasteiger partial charge in [-0.25, -0.2) is 0 Å². The van der Waals surface area contributed by atoms with Crippen LogP contribution in [-0.2, 0) is 11.4 Å². The van der Waals surface area contributed by atoms with Gasteiger partial charge in [0, 0.05) is 25.2 Å². The summed E-state index contributed by atoms with van der Waals surface area (Å²) in [5, 5.41) is 9.19. The van der Waals surface area contributed by atoms with Crippen LogP contribution in [0, 0.1) is 0 Å². The number of aliphatic hydroxyl groups is 1. The minimum Gasteiger partial charge on any atom is -0.481 e. The van der Waals surface area contributed by atoms with Gasteiger partial charge in [-0.1, -0.05) is 12.1 Å². The highest BCUT2D eigenvalue weighted by Crippen LogP contribution is 2.28. The molecule has 2 saturated heterocycles. The highest BCUT2D eigenvalue weighted by Gasteiger charge is 2.37. The molecular weight excluding hydrogens is 292 g/mol. The second-order valence-corrected chi connectivity index (χ2v) is 6.69. The molecule has 3 unspecified atom stereocenters. The van der Waals surface area contributed by atoms with E-state index in [2.05, 4.69) is 11.9 Å². The average molecular weight is 318 g/mol. The summed E-state index contributed by atoms with van der Waals surface area (Å²) in [6.45, 7) is 3.40.